The Hall–Kier alpha value is -1.47. The van der Waals surface area contributed by atoms with Crippen molar-refractivity contribution in [1.82, 2.24) is 10.5 Å². The number of aryl methyl sites for hydroxylation is 1. The van der Waals surface area contributed by atoms with Crippen molar-refractivity contribution in [2.75, 3.05) is 6.54 Å². The van der Waals surface area contributed by atoms with Crippen LogP contribution in [0.3, 0.4) is 0 Å². The molecule has 0 spiro atoms. The molecule has 1 aromatic rings. The molecule has 2 atom stereocenters. The normalized spacial score (nSPS) is 23.0. The molecule has 1 amide bonds. The highest BCUT2D eigenvalue weighted by Crippen LogP contribution is 2.20. The topological polar surface area (TPSA) is 82.0 Å². The summed E-state index contributed by atoms with van der Waals surface area (Å²) in [6.45, 7) is 2.67. The van der Waals surface area contributed by atoms with E-state index in [1.54, 1.807) is 5.48 Å². The van der Waals surface area contributed by atoms with Gasteiger partial charge in [0.1, 0.15) is 6.04 Å². The fourth-order valence-electron chi connectivity index (χ4n) is 2.60. The maximum atomic E-state index is 11.7. The monoisotopic (exact) mass is 294 g/mol. The van der Waals surface area contributed by atoms with Gasteiger partial charge in [-0.3, -0.25) is 14.8 Å². The van der Waals surface area contributed by atoms with Crippen LogP contribution in [0.25, 0.3) is 0 Å². The molecule has 0 aromatic heterocycles. The van der Waals surface area contributed by atoms with Crippen molar-refractivity contribution >= 4 is 5.91 Å². The molecular formula is C15H22N2O4. The molecule has 1 heterocycles. The van der Waals surface area contributed by atoms with Gasteiger partial charge < -0.3 is 5.11 Å². The van der Waals surface area contributed by atoms with Gasteiger partial charge in [-0.25, -0.2) is 5.48 Å². The predicted molar refractivity (Wildman–Crippen MR) is 76.3 cm³/mol. The summed E-state index contributed by atoms with van der Waals surface area (Å²) in [6, 6.07) is 7.38. The molecule has 116 valence electrons. The van der Waals surface area contributed by atoms with Crippen molar-refractivity contribution in [2.24, 2.45) is 0 Å². The second-order valence-corrected chi connectivity index (χ2v) is 5.22. The van der Waals surface area contributed by atoms with Crippen LogP contribution in [-0.2, 0) is 22.7 Å². The highest BCUT2D eigenvalue weighted by atomic mass is 16.7. The molecule has 21 heavy (non-hydrogen) atoms. The van der Waals surface area contributed by atoms with Crippen LogP contribution >= 0.6 is 0 Å². The van der Waals surface area contributed by atoms with Gasteiger partial charge in [0.05, 0.1) is 19.3 Å². The van der Waals surface area contributed by atoms with Gasteiger partial charge in [-0.2, -0.15) is 5.06 Å². The predicted octanol–water partition coefficient (Wildman–Crippen LogP) is 1.01. The molecule has 6 nitrogen and oxygen atoms in total. The molecule has 1 aliphatic rings. The number of β-amino-alcohol motifs (C(OH)–C–C–N with tert-alkyl or cyclic N) is 1. The fourth-order valence-corrected chi connectivity index (χ4v) is 2.60. The number of carbonyl (C=O) groups is 1. The minimum Gasteiger partial charge on any atom is -0.392 e. The number of nitrogens with zero attached hydrogens (tertiary/aromatic N) is 1. The smallest absolute Gasteiger partial charge is 0.263 e. The molecular weight excluding hydrogens is 272 g/mol. The number of aliphatic hydroxyl groups is 1. The molecule has 2 rings (SSSR count). The molecule has 1 aromatic carbocycles. The third kappa shape index (κ3) is 4.01. The summed E-state index contributed by atoms with van der Waals surface area (Å²) < 4.78 is 0. The summed E-state index contributed by atoms with van der Waals surface area (Å²) in [4.78, 5) is 17.4. The van der Waals surface area contributed by atoms with E-state index in [-0.39, 0.29) is 6.54 Å². The van der Waals surface area contributed by atoms with E-state index in [1.165, 1.54) is 10.6 Å². The number of hydroxylamine groups is 3. The molecule has 0 bridgehead atoms. The standard InChI is InChI=1S/C15H22N2O4/c1-2-11-5-3-4-6-12(11)10-21-17-9-13(18)7-8-14(17)15(19)16-20/h3-6,13-14,18,20H,2,7-10H2,1H3,(H,16,19)/t13-,14-/m1/s1. The van der Waals surface area contributed by atoms with Gasteiger partial charge in [0.2, 0.25) is 0 Å². The Kier molecular flexibility index (Phi) is 5.69. The first-order valence-electron chi connectivity index (χ1n) is 7.24. The minimum atomic E-state index is -0.577. The zero-order chi connectivity index (χ0) is 15.2. The summed E-state index contributed by atoms with van der Waals surface area (Å²) in [5.74, 6) is -0.509. The summed E-state index contributed by atoms with van der Waals surface area (Å²) in [7, 11) is 0. The molecule has 3 N–H and O–H groups in total. The highest BCUT2D eigenvalue weighted by molar-refractivity contribution is 5.80. The molecule has 6 heteroatoms. The zero-order valence-electron chi connectivity index (χ0n) is 12.2. The van der Waals surface area contributed by atoms with Gasteiger partial charge in [0.25, 0.3) is 5.91 Å². The molecule has 1 aliphatic heterocycles. The summed E-state index contributed by atoms with van der Waals surface area (Å²) in [5.41, 5.74) is 3.91. The van der Waals surface area contributed by atoms with E-state index in [1.807, 2.05) is 24.3 Å². The van der Waals surface area contributed by atoms with E-state index in [0.29, 0.717) is 19.4 Å². The summed E-state index contributed by atoms with van der Waals surface area (Å²) in [5, 5.41) is 20.0. The number of nitrogens with one attached hydrogen (secondary N) is 1. The number of rotatable bonds is 5. The van der Waals surface area contributed by atoms with Crippen LogP contribution in [0, 0.1) is 0 Å². The van der Waals surface area contributed by atoms with Crippen molar-refractivity contribution in [2.45, 2.75) is 44.9 Å². The quantitative estimate of drug-likeness (QED) is 0.558. The van der Waals surface area contributed by atoms with Gasteiger partial charge in [-0.1, -0.05) is 31.2 Å². The Morgan fingerprint density at radius 1 is 1.38 bits per heavy atom. The van der Waals surface area contributed by atoms with Gasteiger partial charge >= 0.3 is 0 Å². The van der Waals surface area contributed by atoms with Crippen molar-refractivity contribution < 1.29 is 19.9 Å². The molecule has 1 fully saturated rings. The van der Waals surface area contributed by atoms with Crippen LogP contribution in [0.5, 0.6) is 0 Å². The first kappa shape index (κ1) is 15.9. The number of amides is 1. The first-order valence-corrected chi connectivity index (χ1v) is 7.24. The minimum absolute atomic E-state index is 0.256. The van der Waals surface area contributed by atoms with E-state index in [2.05, 4.69) is 6.92 Å². The third-order valence-corrected chi connectivity index (χ3v) is 3.81. The van der Waals surface area contributed by atoms with Crippen LogP contribution in [0.4, 0.5) is 0 Å². The molecule has 1 saturated heterocycles. The average molecular weight is 294 g/mol. The fraction of sp³-hybridized carbons (Fsp3) is 0.533. The third-order valence-electron chi connectivity index (χ3n) is 3.81. The van der Waals surface area contributed by atoms with E-state index < -0.39 is 18.1 Å². The van der Waals surface area contributed by atoms with Gasteiger partial charge in [0, 0.05) is 0 Å². The SMILES string of the molecule is CCc1ccccc1CON1C[C@H](O)CC[C@@H]1C(=O)NO. The van der Waals surface area contributed by atoms with Gasteiger partial charge in [-0.05, 0) is 30.4 Å². The maximum absolute atomic E-state index is 11.7. The van der Waals surface area contributed by atoms with Gasteiger partial charge in [-0.15, -0.1) is 0 Å². The lowest BCUT2D eigenvalue weighted by molar-refractivity contribution is -0.224. The van der Waals surface area contributed by atoms with E-state index >= 15 is 0 Å². The van der Waals surface area contributed by atoms with Crippen LogP contribution in [-0.4, -0.2) is 40.0 Å². The maximum Gasteiger partial charge on any atom is 0.263 e. The number of piperidine rings is 1. The Morgan fingerprint density at radius 2 is 2.10 bits per heavy atom. The van der Waals surface area contributed by atoms with Crippen LogP contribution in [0.2, 0.25) is 0 Å². The number of benzene rings is 1. The molecule has 0 aliphatic carbocycles. The van der Waals surface area contributed by atoms with Crippen molar-refractivity contribution in [1.29, 1.82) is 0 Å². The number of hydrogen-bond acceptors (Lipinski definition) is 5. The molecule has 0 radical (unpaired) electrons. The lowest BCUT2D eigenvalue weighted by Gasteiger charge is -2.35. The van der Waals surface area contributed by atoms with Gasteiger partial charge in [0.15, 0.2) is 0 Å². The number of hydrogen-bond donors (Lipinski definition) is 3. The number of carbonyl (C=O) groups excluding carboxylic acids is 1. The van der Waals surface area contributed by atoms with Crippen molar-refractivity contribution in [3.05, 3.63) is 35.4 Å². The molecule has 0 unspecified atom stereocenters. The summed E-state index contributed by atoms with van der Waals surface area (Å²) >= 11 is 0. The van der Waals surface area contributed by atoms with Crippen molar-refractivity contribution in [3.8, 4) is 0 Å². The Morgan fingerprint density at radius 3 is 2.76 bits per heavy atom. The van der Waals surface area contributed by atoms with Crippen LogP contribution in [0.15, 0.2) is 24.3 Å². The zero-order valence-corrected chi connectivity index (χ0v) is 12.2. The Bertz CT molecular complexity index is 480. The first-order chi connectivity index (χ1) is 10.2. The Labute approximate surface area is 124 Å². The molecule has 0 saturated carbocycles. The highest BCUT2D eigenvalue weighted by Gasteiger charge is 2.33. The lowest BCUT2D eigenvalue weighted by Crippen LogP contribution is -2.52. The largest absolute Gasteiger partial charge is 0.392 e. The lowest BCUT2D eigenvalue weighted by atomic mass is 10.0. The van der Waals surface area contributed by atoms with Crippen molar-refractivity contribution in [3.63, 3.8) is 0 Å². The van der Waals surface area contributed by atoms with Crippen LogP contribution < -0.4 is 5.48 Å². The number of aliphatic hydroxyl groups excluding tert-OH is 1. The Balaban J connectivity index is 2.03. The second-order valence-electron chi connectivity index (χ2n) is 5.22. The van der Waals surface area contributed by atoms with Crippen LogP contribution in [0.1, 0.15) is 30.9 Å². The van der Waals surface area contributed by atoms with E-state index in [9.17, 15) is 9.90 Å². The second kappa shape index (κ2) is 7.51. The average Bonchev–Trinajstić information content (AvgIpc) is 2.52. The van der Waals surface area contributed by atoms with E-state index in [0.717, 1.165) is 12.0 Å². The van der Waals surface area contributed by atoms with E-state index in [4.69, 9.17) is 10.0 Å². The summed E-state index contributed by atoms with van der Waals surface area (Å²) in [6.07, 6.45) is 1.35.